The maximum Gasteiger partial charge on any atom is 0.222 e. The second-order valence-electron chi connectivity index (χ2n) is 4.89. The summed E-state index contributed by atoms with van der Waals surface area (Å²) < 4.78 is 7.71. The number of aromatic nitrogens is 3. The highest BCUT2D eigenvalue weighted by Gasteiger charge is 2.12. The van der Waals surface area contributed by atoms with Gasteiger partial charge in [-0.05, 0) is 34.1 Å². The lowest BCUT2D eigenvalue weighted by Gasteiger charge is -2.07. The Kier molecular flexibility index (Phi) is 3.91. The Morgan fingerprint density at radius 1 is 1.39 bits per heavy atom. The number of methoxy groups -OCH3 is 1. The number of halogens is 1. The van der Waals surface area contributed by atoms with Crippen LogP contribution >= 0.6 is 15.9 Å². The van der Waals surface area contributed by atoms with Crippen LogP contribution in [0.4, 0.5) is 11.6 Å². The Hall–Kier alpha value is -2.61. The van der Waals surface area contributed by atoms with E-state index in [0.717, 1.165) is 11.1 Å². The Labute approximate surface area is 140 Å². The van der Waals surface area contributed by atoms with Crippen LogP contribution in [0, 0.1) is 0 Å². The average molecular weight is 376 g/mol. The molecule has 0 aliphatic heterocycles. The van der Waals surface area contributed by atoms with Crippen molar-refractivity contribution in [1.82, 2.24) is 14.4 Å². The van der Waals surface area contributed by atoms with Crippen molar-refractivity contribution in [2.45, 2.75) is 6.92 Å². The van der Waals surface area contributed by atoms with Crippen molar-refractivity contribution in [1.29, 1.82) is 0 Å². The lowest BCUT2D eigenvalue weighted by atomic mass is 10.1. The van der Waals surface area contributed by atoms with E-state index in [9.17, 15) is 4.79 Å². The van der Waals surface area contributed by atoms with Crippen LogP contribution in [0.25, 0.3) is 16.8 Å². The predicted molar refractivity (Wildman–Crippen MR) is 91.4 cm³/mol. The molecule has 0 spiro atoms. The number of rotatable bonds is 3. The van der Waals surface area contributed by atoms with Crippen LogP contribution in [-0.2, 0) is 4.79 Å². The highest BCUT2D eigenvalue weighted by molar-refractivity contribution is 9.10. The summed E-state index contributed by atoms with van der Waals surface area (Å²) >= 11 is 3.45. The van der Waals surface area contributed by atoms with Gasteiger partial charge in [-0.1, -0.05) is 0 Å². The van der Waals surface area contributed by atoms with Gasteiger partial charge in [0, 0.05) is 30.4 Å². The third-order valence-corrected chi connectivity index (χ3v) is 4.05. The molecule has 0 aromatic carbocycles. The number of anilines is 2. The molecule has 0 bridgehead atoms. The Morgan fingerprint density at radius 2 is 2.17 bits per heavy atom. The molecule has 0 saturated heterocycles. The lowest BCUT2D eigenvalue weighted by Crippen LogP contribution is -2.06. The molecule has 1 amide bonds. The van der Waals surface area contributed by atoms with Gasteiger partial charge in [-0.25, -0.2) is 9.97 Å². The summed E-state index contributed by atoms with van der Waals surface area (Å²) in [6.07, 6.45) is 3.57. The fourth-order valence-electron chi connectivity index (χ4n) is 2.21. The molecular weight excluding hydrogens is 362 g/mol. The van der Waals surface area contributed by atoms with Gasteiger partial charge in [0.05, 0.1) is 7.11 Å². The zero-order chi connectivity index (χ0) is 16.6. The van der Waals surface area contributed by atoms with Crippen LogP contribution in [0.2, 0.25) is 0 Å². The van der Waals surface area contributed by atoms with E-state index in [1.807, 2.05) is 28.8 Å². The molecule has 0 saturated carbocycles. The van der Waals surface area contributed by atoms with Crippen molar-refractivity contribution in [3.63, 3.8) is 0 Å². The SMILES string of the molecule is COc1cc(-c2ccc3nc(NC(C)=O)c(Br)n3c2)cnc1N. The second-order valence-corrected chi connectivity index (χ2v) is 5.64. The fraction of sp³-hybridized carbons (Fsp3) is 0.133. The van der Waals surface area contributed by atoms with Crippen LogP contribution in [0.15, 0.2) is 35.2 Å². The Morgan fingerprint density at radius 3 is 2.87 bits per heavy atom. The predicted octanol–water partition coefficient (Wildman–Crippen LogP) is 2.71. The van der Waals surface area contributed by atoms with Crippen LogP contribution in [-0.4, -0.2) is 27.4 Å². The van der Waals surface area contributed by atoms with Crippen LogP contribution in [0.5, 0.6) is 5.75 Å². The highest BCUT2D eigenvalue weighted by Crippen LogP contribution is 2.29. The van der Waals surface area contributed by atoms with E-state index < -0.39 is 0 Å². The highest BCUT2D eigenvalue weighted by atomic mass is 79.9. The van der Waals surface area contributed by atoms with Crippen molar-refractivity contribution in [3.05, 3.63) is 35.2 Å². The van der Waals surface area contributed by atoms with Crippen molar-refractivity contribution in [3.8, 4) is 16.9 Å². The molecule has 118 valence electrons. The number of pyridine rings is 2. The summed E-state index contributed by atoms with van der Waals surface area (Å²) in [6.45, 7) is 1.44. The molecule has 0 aliphatic carbocycles. The molecule has 0 unspecified atom stereocenters. The van der Waals surface area contributed by atoms with Gasteiger partial charge in [-0.2, -0.15) is 0 Å². The first-order valence-corrected chi connectivity index (χ1v) is 7.54. The molecule has 8 heteroatoms. The molecule has 0 aliphatic rings. The summed E-state index contributed by atoms with van der Waals surface area (Å²) in [4.78, 5) is 19.7. The first kappa shape index (κ1) is 15.3. The third-order valence-electron chi connectivity index (χ3n) is 3.29. The standard InChI is InChI=1S/C15H14BrN5O2/c1-8(22)19-15-13(16)21-7-9(3-4-12(21)20-15)10-5-11(23-2)14(17)18-6-10/h3-7H,1-2H3,(H2,17,18)(H,19,22). The average Bonchev–Trinajstić information content (AvgIpc) is 2.83. The van der Waals surface area contributed by atoms with E-state index >= 15 is 0 Å². The molecule has 3 heterocycles. The van der Waals surface area contributed by atoms with Crippen LogP contribution < -0.4 is 15.8 Å². The zero-order valence-electron chi connectivity index (χ0n) is 12.5. The Balaban J connectivity index is 2.09. The molecule has 3 aromatic heterocycles. The monoisotopic (exact) mass is 375 g/mol. The number of nitrogen functional groups attached to an aromatic ring is 1. The van der Waals surface area contributed by atoms with Gasteiger partial charge in [0.15, 0.2) is 17.4 Å². The lowest BCUT2D eigenvalue weighted by molar-refractivity contribution is -0.114. The molecule has 3 N–H and O–H groups in total. The van der Waals surface area contributed by atoms with Crippen molar-refractivity contribution in [2.75, 3.05) is 18.2 Å². The number of amides is 1. The van der Waals surface area contributed by atoms with Gasteiger partial charge < -0.3 is 15.8 Å². The number of imidazole rings is 1. The van der Waals surface area contributed by atoms with Gasteiger partial charge in [-0.3, -0.25) is 9.20 Å². The summed E-state index contributed by atoms with van der Waals surface area (Å²) in [5.74, 6) is 1.16. The molecular formula is C15H14BrN5O2. The number of carbonyl (C=O) groups excluding carboxylic acids is 1. The largest absolute Gasteiger partial charge is 0.493 e. The smallest absolute Gasteiger partial charge is 0.222 e. The molecule has 0 radical (unpaired) electrons. The molecule has 23 heavy (non-hydrogen) atoms. The molecule has 7 nitrogen and oxygen atoms in total. The minimum atomic E-state index is -0.179. The number of fused-ring (bicyclic) bond motifs is 1. The number of ether oxygens (including phenoxy) is 1. The van der Waals surface area contributed by atoms with Crippen molar-refractivity contribution < 1.29 is 9.53 Å². The number of nitrogens with zero attached hydrogens (tertiary/aromatic N) is 3. The molecule has 0 fully saturated rings. The van der Waals surface area contributed by atoms with Crippen LogP contribution in [0.3, 0.4) is 0 Å². The van der Waals surface area contributed by atoms with Crippen LogP contribution in [0.1, 0.15) is 6.92 Å². The Bertz CT molecular complexity index is 906. The summed E-state index contributed by atoms with van der Waals surface area (Å²) in [5.41, 5.74) is 8.22. The minimum absolute atomic E-state index is 0.179. The van der Waals surface area contributed by atoms with Crippen molar-refractivity contribution in [2.24, 2.45) is 0 Å². The summed E-state index contributed by atoms with van der Waals surface area (Å²) in [5, 5.41) is 2.68. The first-order valence-electron chi connectivity index (χ1n) is 6.74. The molecule has 0 atom stereocenters. The maximum absolute atomic E-state index is 11.2. The van der Waals surface area contributed by atoms with E-state index in [-0.39, 0.29) is 5.91 Å². The maximum atomic E-state index is 11.2. The second kappa shape index (κ2) is 5.88. The van der Waals surface area contributed by atoms with Gasteiger partial charge in [0.25, 0.3) is 0 Å². The number of hydrogen-bond acceptors (Lipinski definition) is 5. The molecule has 3 aromatic rings. The zero-order valence-corrected chi connectivity index (χ0v) is 14.1. The molecule has 3 rings (SSSR count). The number of nitrogens with one attached hydrogen (secondary N) is 1. The third kappa shape index (κ3) is 2.85. The van der Waals surface area contributed by atoms with Gasteiger partial charge >= 0.3 is 0 Å². The van der Waals surface area contributed by atoms with E-state index in [1.54, 1.807) is 13.3 Å². The topological polar surface area (TPSA) is 94.5 Å². The van der Waals surface area contributed by atoms with Crippen molar-refractivity contribution >= 4 is 39.1 Å². The van der Waals surface area contributed by atoms with Gasteiger partial charge in [0.2, 0.25) is 5.91 Å². The summed E-state index contributed by atoms with van der Waals surface area (Å²) in [6, 6.07) is 5.59. The van der Waals surface area contributed by atoms with E-state index in [2.05, 4.69) is 31.2 Å². The first-order chi connectivity index (χ1) is 11.0. The number of nitrogens with two attached hydrogens (primary N) is 1. The minimum Gasteiger partial charge on any atom is -0.493 e. The van der Waals surface area contributed by atoms with Gasteiger partial charge in [-0.15, -0.1) is 0 Å². The van der Waals surface area contributed by atoms with E-state index in [4.69, 9.17) is 10.5 Å². The quantitative estimate of drug-likeness (QED) is 0.733. The number of hydrogen-bond donors (Lipinski definition) is 2. The number of carbonyl (C=O) groups is 1. The summed E-state index contributed by atoms with van der Waals surface area (Å²) in [7, 11) is 1.55. The fourth-order valence-corrected chi connectivity index (χ4v) is 2.68. The normalized spacial score (nSPS) is 10.7. The van der Waals surface area contributed by atoms with Gasteiger partial charge in [0.1, 0.15) is 10.3 Å². The van der Waals surface area contributed by atoms with E-state index in [0.29, 0.717) is 27.6 Å². The van der Waals surface area contributed by atoms with E-state index in [1.165, 1.54) is 6.92 Å².